The average Bonchev–Trinajstić information content (AvgIpc) is 2.82. The van der Waals surface area contributed by atoms with Gasteiger partial charge in [-0.1, -0.05) is 35.5 Å². The second-order valence-electron chi connectivity index (χ2n) is 4.28. The molecule has 0 bridgehead atoms. The average molecular weight is 261 g/mol. The third-order valence-corrected chi connectivity index (χ3v) is 2.77. The molecule has 0 aliphatic heterocycles. The second-order valence-corrected chi connectivity index (χ2v) is 4.28. The summed E-state index contributed by atoms with van der Waals surface area (Å²) in [6.07, 6.45) is 1.11. The fourth-order valence-corrected chi connectivity index (χ4v) is 1.73. The van der Waals surface area contributed by atoms with Crippen LogP contribution < -0.4 is 5.76 Å². The molecule has 100 valence electrons. The summed E-state index contributed by atoms with van der Waals surface area (Å²) < 4.78 is 4.38. The summed E-state index contributed by atoms with van der Waals surface area (Å²) in [5.74, 6) is -0.270. The lowest BCUT2D eigenvalue weighted by Crippen LogP contribution is -2.27. The molecule has 0 spiro atoms. The van der Waals surface area contributed by atoms with E-state index in [-0.39, 0.29) is 12.5 Å². The lowest BCUT2D eigenvalue weighted by atomic mass is 10.1. The van der Waals surface area contributed by atoms with Crippen molar-refractivity contribution in [2.75, 3.05) is 7.05 Å². The third-order valence-electron chi connectivity index (χ3n) is 2.77. The van der Waals surface area contributed by atoms with Gasteiger partial charge in [-0.15, -0.1) is 0 Å². The molecule has 6 nitrogen and oxygen atoms in total. The van der Waals surface area contributed by atoms with Crippen molar-refractivity contribution < 1.29 is 9.32 Å². The molecular formula is C13H15N3O3. The van der Waals surface area contributed by atoms with E-state index in [0.717, 1.165) is 5.56 Å². The van der Waals surface area contributed by atoms with E-state index in [0.29, 0.717) is 18.7 Å². The van der Waals surface area contributed by atoms with E-state index in [9.17, 15) is 9.59 Å². The van der Waals surface area contributed by atoms with Crippen LogP contribution in [0.3, 0.4) is 0 Å². The predicted octanol–water partition coefficient (Wildman–Crippen LogP) is 0.954. The molecule has 19 heavy (non-hydrogen) atoms. The number of hydrogen-bond acceptors (Lipinski definition) is 4. The summed E-state index contributed by atoms with van der Waals surface area (Å²) in [4.78, 5) is 26.6. The van der Waals surface area contributed by atoms with Crippen LogP contribution in [0.15, 0.2) is 39.6 Å². The number of amides is 1. The minimum Gasteiger partial charge on any atom is -0.338 e. The van der Waals surface area contributed by atoms with Crippen LogP contribution in [0.2, 0.25) is 0 Å². The standard InChI is InChI=1S/C13H15N3O3/c1-16(9-11-14-13(18)19-15-11)12(17)8-7-10-5-3-2-4-6-10/h2-6H,7-9H2,1H3,(H,14,15,18). The maximum Gasteiger partial charge on any atom is 0.438 e. The van der Waals surface area contributed by atoms with Crippen LogP contribution in [0, 0.1) is 0 Å². The summed E-state index contributed by atoms with van der Waals surface area (Å²) in [7, 11) is 1.67. The molecule has 2 rings (SSSR count). The van der Waals surface area contributed by atoms with Crippen molar-refractivity contribution in [3.05, 3.63) is 52.3 Å². The van der Waals surface area contributed by atoms with Gasteiger partial charge < -0.3 is 4.90 Å². The van der Waals surface area contributed by atoms with Crippen LogP contribution in [0.5, 0.6) is 0 Å². The van der Waals surface area contributed by atoms with E-state index in [1.165, 1.54) is 4.90 Å². The molecular weight excluding hydrogens is 246 g/mol. The normalized spacial score (nSPS) is 10.4. The molecule has 0 radical (unpaired) electrons. The first-order chi connectivity index (χ1) is 9.15. The number of aromatic nitrogens is 2. The smallest absolute Gasteiger partial charge is 0.338 e. The van der Waals surface area contributed by atoms with Crippen molar-refractivity contribution in [2.24, 2.45) is 0 Å². The maximum absolute atomic E-state index is 11.9. The molecule has 0 fully saturated rings. The van der Waals surface area contributed by atoms with Crippen LogP contribution in [-0.2, 0) is 17.8 Å². The quantitative estimate of drug-likeness (QED) is 0.869. The minimum absolute atomic E-state index is 0.00676. The van der Waals surface area contributed by atoms with Gasteiger partial charge >= 0.3 is 5.76 Å². The summed E-state index contributed by atoms with van der Waals surface area (Å²) >= 11 is 0. The summed E-state index contributed by atoms with van der Waals surface area (Å²) in [5.41, 5.74) is 1.12. The third kappa shape index (κ3) is 3.80. The Morgan fingerprint density at radius 2 is 2.11 bits per heavy atom. The van der Waals surface area contributed by atoms with Gasteiger partial charge in [-0.05, 0) is 12.0 Å². The first-order valence-electron chi connectivity index (χ1n) is 5.98. The number of H-pyrrole nitrogens is 1. The number of carbonyl (C=O) groups is 1. The molecule has 1 aromatic heterocycles. The number of aromatic amines is 1. The van der Waals surface area contributed by atoms with Gasteiger partial charge in [0, 0.05) is 13.5 Å². The number of rotatable bonds is 5. The highest BCUT2D eigenvalue weighted by atomic mass is 16.5. The van der Waals surface area contributed by atoms with Gasteiger partial charge in [-0.2, -0.15) is 0 Å². The minimum atomic E-state index is -0.611. The number of benzene rings is 1. The van der Waals surface area contributed by atoms with Gasteiger partial charge in [0.15, 0.2) is 5.82 Å². The van der Waals surface area contributed by atoms with E-state index in [1.807, 2.05) is 30.3 Å². The molecule has 0 unspecified atom stereocenters. The zero-order chi connectivity index (χ0) is 13.7. The second kappa shape index (κ2) is 5.99. The summed E-state index contributed by atoms with van der Waals surface area (Å²) in [6.45, 7) is 0.235. The van der Waals surface area contributed by atoms with Crippen molar-refractivity contribution in [1.29, 1.82) is 0 Å². The van der Waals surface area contributed by atoms with Gasteiger partial charge in [0.05, 0.1) is 6.54 Å². The van der Waals surface area contributed by atoms with Crippen molar-refractivity contribution in [3.8, 4) is 0 Å². The lowest BCUT2D eigenvalue weighted by Gasteiger charge is -2.14. The van der Waals surface area contributed by atoms with Crippen molar-refractivity contribution in [1.82, 2.24) is 15.0 Å². The monoisotopic (exact) mass is 261 g/mol. The summed E-state index contributed by atoms with van der Waals surface area (Å²) in [6, 6.07) is 9.82. The van der Waals surface area contributed by atoms with Crippen molar-refractivity contribution >= 4 is 5.91 Å². The zero-order valence-corrected chi connectivity index (χ0v) is 10.6. The Labute approximate surface area is 110 Å². The maximum atomic E-state index is 11.9. The van der Waals surface area contributed by atoms with Crippen LogP contribution in [0.4, 0.5) is 0 Å². The molecule has 0 aliphatic carbocycles. The van der Waals surface area contributed by atoms with Crippen LogP contribution in [0.1, 0.15) is 17.8 Å². The molecule has 1 aromatic carbocycles. The largest absolute Gasteiger partial charge is 0.438 e. The fraction of sp³-hybridized carbons (Fsp3) is 0.308. The SMILES string of the molecule is CN(Cc1noc(=O)[nH]1)C(=O)CCc1ccccc1. The Kier molecular flexibility index (Phi) is 4.12. The number of nitrogens with zero attached hydrogens (tertiary/aromatic N) is 2. The van der Waals surface area contributed by atoms with E-state index in [2.05, 4.69) is 14.7 Å². The molecule has 0 saturated carbocycles. The van der Waals surface area contributed by atoms with E-state index in [1.54, 1.807) is 7.05 Å². The van der Waals surface area contributed by atoms with E-state index < -0.39 is 5.76 Å². The molecule has 1 N–H and O–H groups in total. The van der Waals surface area contributed by atoms with Gasteiger partial charge in [0.1, 0.15) is 0 Å². The van der Waals surface area contributed by atoms with Gasteiger partial charge in [0.2, 0.25) is 5.91 Å². The van der Waals surface area contributed by atoms with E-state index in [4.69, 9.17) is 0 Å². The Morgan fingerprint density at radius 3 is 2.74 bits per heavy atom. The molecule has 1 amide bonds. The Balaban J connectivity index is 1.84. The molecule has 1 heterocycles. The van der Waals surface area contributed by atoms with Gasteiger partial charge in [-0.3, -0.25) is 14.3 Å². The molecule has 0 saturated heterocycles. The first-order valence-corrected chi connectivity index (χ1v) is 5.98. The lowest BCUT2D eigenvalue weighted by molar-refractivity contribution is -0.130. The Bertz CT molecular complexity index is 588. The number of hydrogen-bond donors (Lipinski definition) is 1. The van der Waals surface area contributed by atoms with Gasteiger partial charge in [0.25, 0.3) is 0 Å². The van der Waals surface area contributed by atoms with Crippen LogP contribution in [0.25, 0.3) is 0 Å². The predicted molar refractivity (Wildman–Crippen MR) is 68.4 cm³/mol. The van der Waals surface area contributed by atoms with Crippen molar-refractivity contribution in [3.63, 3.8) is 0 Å². The van der Waals surface area contributed by atoms with Crippen molar-refractivity contribution in [2.45, 2.75) is 19.4 Å². The van der Waals surface area contributed by atoms with E-state index >= 15 is 0 Å². The summed E-state index contributed by atoms with van der Waals surface area (Å²) in [5, 5.41) is 3.52. The fourth-order valence-electron chi connectivity index (χ4n) is 1.73. The Morgan fingerprint density at radius 1 is 1.37 bits per heavy atom. The zero-order valence-electron chi connectivity index (χ0n) is 10.6. The van der Waals surface area contributed by atoms with Gasteiger partial charge in [-0.25, -0.2) is 4.79 Å². The Hall–Kier alpha value is -2.37. The van der Waals surface area contributed by atoms with Crippen LogP contribution in [-0.4, -0.2) is 28.0 Å². The molecule has 0 aliphatic rings. The molecule has 0 atom stereocenters. The first kappa shape index (κ1) is 13.1. The van der Waals surface area contributed by atoms with Crippen LogP contribution >= 0.6 is 0 Å². The molecule has 2 aromatic rings. The molecule has 6 heteroatoms. The highest BCUT2D eigenvalue weighted by molar-refractivity contribution is 5.76. The number of carbonyl (C=O) groups excluding carboxylic acids is 1. The number of aryl methyl sites for hydroxylation is 1. The number of nitrogens with one attached hydrogen (secondary N) is 1. The topological polar surface area (TPSA) is 79.2 Å². The highest BCUT2D eigenvalue weighted by Crippen LogP contribution is 2.05. The highest BCUT2D eigenvalue weighted by Gasteiger charge is 2.11.